The lowest BCUT2D eigenvalue weighted by Gasteiger charge is -2.18. The van der Waals surface area contributed by atoms with Crippen LogP contribution in [0.5, 0.6) is 0 Å². The Morgan fingerprint density at radius 2 is 0.682 bits per heavy atom. The summed E-state index contributed by atoms with van der Waals surface area (Å²) in [4.78, 5) is 25.5. The third kappa shape index (κ3) is 54.0. The van der Waals surface area contributed by atoms with Crippen LogP contribution >= 0.6 is 0 Å². The highest BCUT2D eigenvalue weighted by Crippen LogP contribution is 2.16. The first-order valence-electron chi connectivity index (χ1n) is 28.5. The molecule has 5 nitrogen and oxygen atoms in total. The standard InChI is InChI=1S/C61H108O5/c1-4-7-10-13-16-19-22-25-28-29-30-31-32-35-38-41-44-47-50-53-56-64-57-59(66-61(63)55-52-49-46-43-40-37-34-27-24-21-18-15-12-9-6-3)58-65-60(62)54-51-48-45-42-39-36-33-26-23-20-17-14-11-8-5-2/h8,11,17-18,20-21,26-27,33-34,39,42,59H,4-7,9-10,12-16,19,22-25,28-32,35-38,40-41,43-58H2,1-3H3/b11-8-,20-17-,21-18-,33-26-,34-27-,42-39-. The van der Waals surface area contributed by atoms with Crippen LogP contribution in [0.1, 0.15) is 278 Å². The summed E-state index contributed by atoms with van der Waals surface area (Å²) in [5, 5.41) is 0. The molecule has 0 rings (SSSR count). The summed E-state index contributed by atoms with van der Waals surface area (Å²) < 4.78 is 17.4. The number of rotatable bonds is 52. The van der Waals surface area contributed by atoms with Crippen LogP contribution < -0.4 is 0 Å². The second kappa shape index (κ2) is 56.7. The number of ether oxygens (including phenoxy) is 3. The molecule has 0 saturated heterocycles. The molecule has 0 saturated carbocycles. The summed E-state index contributed by atoms with van der Waals surface area (Å²) in [6, 6.07) is 0. The molecule has 0 N–H and O–H groups in total. The first-order valence-corrected chi connectivity index (χ1v) is 28.5. The van der Waals surface area contributed by atoms with Crippen molar-refractivity contribution in [3.05, 3.63) is 72.9 Å². The number of hydrogen-bond acceptors (Lipinski definition) is 5. The molecule has 0 bridgehead atoms. The molecule has 0 spiro atoms. The van der Waals surface area contributed by atoms with Gasteiger partial charge in [-0.25, -0.2) is 0 Å². The van der Waals surface area contributed by atoms with Crippen molar-refractivity contribution in [3.63, 3.8) is 0 Å². The van der Waals surface area contributed by atoms with Crippen molar-refractivity contribution in [2.24, 2.45) is 0 Å². The predicted octanol–water partition coefficient (Wildman–Crippen LogP) is 19.5. The highest BCUT2D eigenvalue weighted by molar-refractivity contribution is 5.70. The van der Waals surface area contributed by atoms with Gasteiger partial charge in [-0.2, -0.15) is 0 Å². The van der Waals surface area contributed by atoms with Gasteiger partial charge in [0.25, 0.3) is 0 Å². The molecule has 0 aromatic carbocycles. The molecule has 0 amide bonds. The van der Waals surface area contributed by atoms with E-state index in [2.05, 4.69) is 93.7 Å². The Hall–Kier alpha value is -2.66. The van der Waals surface area contributed by atoms with Gasteiger partial charge in [-0.1, -0.05) is 248 Å². The number of hydrogen-bond donors (Lipinski definition) is 0. The maximum absolute atomic E-state index is 12.8. The first-order chi connectivity index (χ1) is 32.6. The molecule has 0 aliphatic rings. The van der Waals surface area contributed by atoms with Crippen LogP contribution in [0, 0.1) is 0 Å². The Morgan fingerprint density at radius 3 is 1.15 bits per heavy atom. The van der Waals surface area contributed by atoms with E-state index in [1.54, 1.807) is 0 Å². The van der Waals surface area contributed by atoms with Gasteiger partial charge < -0.3 is 14.2 Å². The summed E-state index contributed by atoms with van der Waals surface area (Å²) in [5.74, 6) is -0.453. The zero-order valence-corrected chi connectivity index (χ0v) is 44.0. The van der Waals surface area contributed by atoms with Crippen molar-refractivity contribution in [1.82, 2.24) is 0 Å². The molecular formula is C61H108O5. The molecule has 66 heavy (non-hydrogen) atoms. The van der Waals surface area contributed by atoms with Crippen molar-refractivity contribution in [2.75, 3.05) is 19.8 Å². The van der Waals surface area contributed by atoms with Gasteiger partial charge in [0, 0.05) is 19.4 Å². The lowest BCUT2D eigenvalue weighted by molar-refractivity contribution is -0.163. The highest BCUT2D eigenvalue weighted by atomic mass is 16.6. The maximum atomic E-state index is 12.8. The van der Waals surface area contributed by atoms with Crippen molar-refractivity contribution >= 4 is 11.9 Å². The van der Waals surface area contributed by atoms with Crippen molar-refractivity contribution in [1.29, 1.82) is 0 Å². The Bertz CT molecular complexity index is 1180. The SMILES string of the molecule is CC/C=C\C/C=C\C/C=C\C/C=C\CCCCC(=O)OCC(COCCCCCCCCCCCCCCCCCCCCCC)OC(=O)CCCCCCC/C=C\C/C=C\CCCCC. The summed E-state index contributed by atoms with van der Waals surface area (Å²) >= 11 is 0. The van der Waals surface area contributed by atoms with E-state index in [9.17, 15) is 9.59 Å². The average Bonchev–Trinajstić information content (AvgIpc) is 3.32. The Kier molecular flexibility index (Phi) is 54.4. The molecule has 0 aromatic heterocycles. The number of carbonyl (C=O) groups is 2. The van der Waals surface area contributed by atoms with Gasteiger partial charge in [0.15, 0.2) is 6.10 Å². The van der Waals surface area contributed by atoms with Crippen LogP contribution in [0.3, 0.4) is 0 Å². The third-order valence-electron chi connectivity index (χ3n) is 12.2. The zero-order valence-electron chi connectivity index (χ0n) is 44.0. The fourth-order valence-electron chi connectivity index (χ4n) is 8.00. The summed E-state index contributed by atoms with van der Waals surface area (Å²) in [5.41, 5.74) is 0. The second-order valence-electron chi connectivity index (χ2n) is 18.8. The molecular weight excluding hydrogens is 813 g/mol. The van der Waals surface area contributed by atoms with Gasteiger partial charge in [0.2, 0.25) is 0 Å². The lowest BCUT2D eigenvalue weighted by Crippen LogP contribution is -2.30. The Labute approximate surface area is 410 Å². The van der Waals surface area contributed by atoms with Crippen molar-refractivity contribution < 1.29 is 23.8 Å². The molecule has 382 valence electrons. The first kappa shape index (κ1) is 63.3. The summed E-state index contributed by atoms with van der Waals surface area (Å²) in [7, 11) is 0. The van der Waals surface area contributed by atoms with E-state index >= 15 is 0 Å². The number of carbonyl (C=O) groups excluding carboxylic acids is 2. The topological polar surface area (TPSA) is 61.8 Å². The van der Waals surface area contributed by atoms with E-state index < -0.39 is 6.10 Å². The molecule has 0 radical (unpaired) electrons. The Balaban J connectivity index is 4.30. The van der Waals surface area contributed by atoms with Gasteiger partial charge >= 0.3 is 11.9 Å². The predicted molar refractivity (Wildman–Crippen MR) is 288 cm³/mol. The minimum atomic E-state index is -0.561. The molecule has 1 unspecified atom stereocenters. The van der Waals surface area contributed by atoms with Gasteiger partial charge in [-0.15, -0.1) is 0 Å². The maximum Gasteiger partial charge on any atom is 0.306 e. The Morgan fingerprint density at radius 1 is 0.348 bits per heavy atom. The zero-order chi connectivity index (χ0) is 47.7. The van der Waals surface area contributed by atoms with Crippen LogP contribution in [-0.4, -0.2) is 37.9 Å². The number of allylic oxidation sites excluding steroid dienone is 12. The average molecular weight is 922 g/mol. The smallest absolute Gasteiger partial charge is 0.306 e. The van der Waals surface area contributed by atoms with E-state index in [1.807, 2.05) is 0 Å². The molecule has 5 heteroatoms. The number of unbranched alkanes of at least 4 members (excludes halogenated alkanes) is 29. The summed E-state index contributed by atoms with van der Waals surface area (Å²) in [6.07, 6.45) is 73.6. The lowest BCUT2D eigenvalue weighted by atomic mass is 10.0. The van der Waals surface area contributed by atoms with E-state index in [0.717, 1.165) is 89.9 Å². The minimum Gasteiger partial charge on any atom is -0.462 e. The van der Waals surface area contributed by atoms with E-state index in [1.165, 1.54) is 154 Å². The van der Waals surface area contributed by atoms with Crippen molar-refractivity contribution in [2.45, 2.75) is 284 Å². The van der Waals surface area contributed by atoms with Crippen LogP contribution in [0.2, 0.25) is 0 Å². The monoisotopic (exact) mass is 921 g/mol. The van der Waals surface area contributed by atoms with Crippen LogP contribution in [0.4, 0.5) is 0 Å². The summed E-state index contributed by atoms with van der Waals surface area (Å²) in [6.45, 7) is 7.67. The van der Waals surface area contributed by atoms with Gasteiger partial charge in [-0.3, -0.25) is 9.59 Å². The highest BCUT2D eigenvalue weighted by Gasteiger charge is 2.17. The van der Waals surface area contributed by atoms with E-state index in [-0.39, 0.29) is 25.2 Å². The molecule has 0 heterocycles. The van der Waals surface area contributed by atoms with E-state index in [0.29, 0.717) is 19.4 Å². The van der Waals surface area contributed by atoms with Gasteiger partial charge in [0.05, 0.1) is 6.61 Å². The normalized spacial score (nSPS) is 12.7. The second-order valence-corrected chi connectivity index (χ2v) is 18.8. The molecule has 1 atom stereocenters. The molecule has 0 fully saturated rings. The largest absolute Gasteiger partial charge is 0.462 e. The van der Waals surface area contributed by atoms with Crippen molar-refractivity contribution in [3.8, 4) is 0 Å². The van der Waals surface area contributed by atoms with Gasteiger partial charge in [-0.05, 0) is 89.9 Å². The molecule has 0 aliphatic carbocycles. The number of esters is 2. The van der Waals surface area contributed by atoms with Crippen LogP contribution in [0.25, 0.3) is 0 Å². The van der Waals surface area contributed by atoms with Gasteiger partial charge in [0.1, 0.15) is 6.61 Å². The minimum absolute atomic E-state index is 0.0584. The molecule has 0 aliphatic heterocycles. The fraction of sp³-hybridized carbons (Fsp3) is 0.770. The van der Waals surface area contributed by atoms with Crippen LogP contribution in [-0.2, 0) is 23.8 Å². The molecule has 0 aromatic rings. The quantitative estimate of drug-likeness (QED) is 0.0346. The third-order valence-corrected chi connectivity index (χ3v) is 12.2. The van der Waals surface area contributed by atoms with Crippen LogP contribution in [0.15, 0.2) is 72.9 Å². The van der Waals surface area contributed by atoms with E-state index in [4.69, 9.17) is 14.2 Å². The fourth-order valence-corrected chi connectivity index (χ4v) is 8.00.